The van der Waals surface area contributed by atoms with E-state index >= 15 is 0 Å². The lowest BCUT2D eigenvalue weighted by molar-refractivity contribution is -0.140. The second-order valence-electron chi connectivity index (χ2n) is 12.2. The minimum Gasteiger partial charge on any atom is -0.354 e. The molecule has 4 rings (SSSR count). The summed E-state index contributed by atoms with van der Waals surface area (Å²) >= 11 is 0. The van der Waals surface area contributed by atoms with E-state index in [0.29, 0.717) is 16.9 Å². The molecular weight excluding hydrogens is 639 g/mol. The second-order valence-corrected chi connectivity index (χ2v) is 14.0. The summed E-state index contributed by atoms with van der Waals surface area (Å²) in [6.07, 6.45) is -4.64. The Morgan fingerprint density at radius 1 is 0.833 bits per heavy atom. The Hall–Kier alpha value is -4.64. The van der Waals surface area contributed by atoms with Gasteiger partial charge in [-0.2, -0.15) is 13.2 Å². The molecule has 4 aromatic rings. The minimum absolute atomic E-state index is 0.0425. The quantitative estimate of drug-likeness (QED) is 0.166. The fraction of sp³-hybridized carbons (Fsp3) is 0.297. The highest BCUT2D eigenvalue weighted by atomic mass is 32.2. The summed E-state index contributed by atoms with van der Waals surface area (Å²) in [5.41, 5.74) is 1.72. The summed E-state index contributed by atoms with van der Waals surface area (Å²) in [5.74, 6) is -1.07. The molecule has 4 aromatic carbocycles. The van der Waals surface area contributed by atoms with Crippen LogP contribution >= 0.6 is 0 Å². The SMILES string of the molecule is Cc1ccc(S(=O)(=O)N(CC(=O)N(Cc2ccccc2C)C(Cc2ccccc2)C(=O)NCC(C)C)c2cccc(C(F)(F)F)c2)cc1. The molecule has 1 atom stereocenters. The predicted octanol–water partition coefficient (Wildman–Crippen LogP) is 6.93. The van der Waals surface area contributed by atoms with E-state index in [1.165, 1.54) is 23.1 Å². The molecule has 0 aliphatic carbocycles. The van der Waals surface area contributed by atoms with Crippen LogP contribution in [0, 0.1) is 19.8 Å². The van der Waals surface area contributed by atoms with Crippen molar-refractivity contribution in [1.82, 2.24) is 10.2 Å². The molecule has 7 nitrogen and oxygen atoms in total. The molecule has 0 saturated heterocycles. The van der Waals surface area contributed by atoms with Crippen LogP contribution in [0.4, 0.5) is 18.9 Å². The topological polar surface area (TPSA) is 86.8 Å². The van der Waals surface area contributed by atoms with Gasteiger partial charge in [-0.25, -0.2) is 8.42 Å². The first-order valence-corrected chi connectivity index (χ1v) is 17.0. The molecule has 254 valence electrons. The number of halogens is 3. The fourth-order valence-electron chi connectivity index (χ4n) is 5.15. The Balaban J connectivity index is 1.85. The minimum atomic E-state index is -4.76. The lowest BCUT2D eigenvalue weighted by atomic mass is 10.0. The summed E-state index contributed by atoms with van der Waals surface area (Å²) in [4.78, 5) is 29.6. The van der Waals surface area contributed by atoms with Gasteiger partial charge in [0.2, 0.25) is 11.8 Å². The van der Waals surface area contributed by atoms with Crippen LogP contribution in [0.15, 0.2) is 108 Å². The van der Waals surface area contributed by atoms with Gasteiger partial charge in [-0.3, -0.25) is 13.9 Å². The van der Waals surface area contributed by atoms with Crippen LogP contribution in [0.2, 0.25) is 0 Å². The number of hydrogen-bond acceptors (Lipinski definition) is 4. The third-order valence-electron chi connectivity index (χ3n) is 7.91. The van der Waals surface area contributed by atoms with E-state index in [1.807, 2.05) is 69.3 Å². The molecule has 0 saturated carbocycles. The number of hydrogen-bond donors (Lipinski definition) is 1. The van der Waals surface area contributed by atoms with Crippen LogP contribution in [-0.2, 0) is 38.8 Å². The molecule has 0 heterocycles. The molecule has 0 radical (unpaired) electrons. The number of alkyl halides is 3. The van der Waals surface area contributed by atoms with Crippen molar-refractivity contribution in [2.45, 2.75) is 57.8 Å². The zero-order valence-electron chi connectivity index (χ0n) is 27.4. The second kappa shape index (κ2) is 15.5. The molecular formula is C37H40F3N3O4S. The lowest BCUT2D eigenvalue weighted by Crippen LogP contribution is -2.53. The maximum Gasteiger partial charge on any atom is 0.416 e. The van der Waals surface area contributed by atoms with Gasteiger partial charge < -0.3 is 10.2 Å². The van der Waals surface area contributed by atoms with E-state index < -0.39 is 46.2 Å². The Bertz CT molecular complexity index is 1810. The molecule has 11 heteroatoms. The molecule has 48 heavy (non-hydrogen) atoms. The molecule has 0 aromatic heterocycles. The van der Waals surface area contributed by atoms with Gasteiger partial charge in [0.15, 0.2) is 0 Å². The molecule has 0 aliphatic heterocycles. The van der Waals surface area contributed by atoms with Crippen molar-refractivity contribution < 1.29 is 31.2 Å². The van der Waals surface area contributed by atoms with Gasteiger partial charge >= 0.3 is 6.18 Å². The van der Waals surface area contributed by atoms with E-state index in [0.717, 1.165) is 34.4 Å². The van der Waals surface area contributed by atoms with Gasteiger partial charge in [0.05, 0.1) is 16.1 Å². The number of carbonyl (C=O) groups is 2. The molecule has 0 bridgehead atoms. The van der Waals surface area contributed by atoms with E-state index in [9.17, 15) is 31.2 Å². The van der Waals surface area contributed by atoms with Gasteiger partial charge in [0.1, 0.15) is 12.6 Å². The summed E-state index contributed by atoms with van der Waals surface area (Å²) in [6.45, 7) is 6.95. The standard InChI is InChI=1S/C37H40F3N3O4S/c1-26(2)23-41-36(45)34(21-29-12-6-5-7-13-29)42(24-30-14-9-8-11-28(30)4)35(44)25-43(32-16-10-15-31(22-32)37(38,39)40)48(46,47)33-19-17-27(3)18-20-33/h5-20,22,26,34H,21,23-25H2,1-4H3,(H,41,45). The predicted molar refractivity (Wildman–Crippen MR) is 181 cm³/mol. The van der Waals surface area contributed by atoms with E-state index in [-0.39, 0.29) is 29.5 Å². The molecule has 2 amide bonds. The van der Waals surface area contributed by atoms with Crippen LogP contribution in [-0.4, -0.2) is 44.3 Å². The van der Waals surface area contributed by atoms with Crippen molar-refractivity contribution in [3.8, 4) is 0 Å². The Morgan fingerprint density at radius 3 is 2.10 bits per heavy atom. The van der Waals surface area contributed by atoms with Gasteiger partial charge in [-0.15, -0.1) is 0 Å². The first kappa shape index (κ1) is 36.2. The number of nitrogens with one attached hydrogen (secondary N) is 1. The lowest BCUT2D eigenvalue weighted by Gasteiger charge is -2.34. The molecule has 0 aliphatic rings. The number of anilines is 1. The Morgan fingerprint density at radius 2 is 1.48 bits per heavy atom. The normalized spacial score (nSPS) is 12.4. The van der Waals surface area contributed by atoms with Gasteiger partial charge in [0, 0.05) is 19.5 Å². The van der Waals surface area contributed by atoms with Gasteiger partial charge in [-0.05, 0) is 66.8 Å². The zero-order chi connectivity index (χ0) is 35.1. The number of sulfonamides is 1. The fourth-order valence-corrected chi connectivity index (χ4v) is 6.56. The van der Waals surface area contributed by atoms with Crippen LogP contribution in [0.25, 0.3) is 0 Å². The summed E-state index contributed by atoms with van der Waals surface area (Å²) in [5, 5.41) is 2.92. The molecule has 0 spiro atoms. The van der Waals surface area contributed by atoms with Crippen molar-refractivity contribution in [1.29, 1.82) is 0 Å². The van der Waals surface area contributed by atoms with Crippen LogP contribution in [0.3, 0.4) is 0 Å². The van der Waals surface area contributed by atoms with E-state index in [2.05, 4.69) is 5.32 Å². The van der Waals surface area contributed by atoms with Crippen molar-refractivity contribution >= 4 is 27.5 Å². The summed E-state index contributed by atoms with van der Waals surface area (Å²) < 4.78 is 70.4. The highest BCUT2D eigenvalue weighted by Gasteiger charge is 2.36. The summed E-state index contributed by atoms with van der Waals surface area (Å²) in [6, 6.07) is 25.1. The first-order chi connectivity index (χ1) is 22.7. The van der Waals surface area contributed by atoms with Gasteiger partial charge in [0.25, 0.3) is 10.0 Å². The Labute approximate surface area is 280 Å². The van der Waals surface area contributed by atoms with Gasteiger partial charge in [-0.1, -0.05) is 92.2 Å². The third kappa shape index (κ3) is 9.25. The largest absolute Gasteiger partial charge is 0.416 e. The molecule has 1 unspecified atom stereocenters. The Kier molecular flexibility index (Phi) is 11.7. The van der Waals surface area contributed by atoms with E-state index in [4.69, 9.17) is 0 Å². The highest BCUT2D eigenvalue weighted by Crippen LogP contribution is 2.33. The average molecular weight is 680 g/mol. The molecule has 1 N–H and O–H groups in total. The van der Waals surface area contributed by atoms with Crippen molar-refractivity contribution in [2.75, 3.05) is 17.4 Å². The van der Waals surface area contributed by atoms with Crippen LogP contribution < -0.4 is 9.62 Å². The van der Waals surface area contributed by atoms with Crippen molar-refractivity contribution in [3.05, 3.63) is 131 Å². The number of benzene rings is 4. The number of amides is 2. The number of rotatable bonds is 13. The van der Waals surface area contributed by atoms with Crippen molar-refractivity contribution in [2.24, 2.45) is 5.92 Å². The smallest absolute Gasteiger partial charge is 0.354 e. The number of nitrogens with zero attached hydrogens (tertiary/aromatic N) is 2. The maximum atomic E-state index is 14.5. The number of carbonyl (C=O) groups excluding carboxylic acids is 2. The molecule has 0 fully saturated rings. The zero-order valence-corrected chi connectivity index (χ0v) is 28.2. The number of aryl methyl sites for hydroxylation is 2. The average Bonchev–Trinajstić information content (AvgIpc) is 3.05. The highest BCUT2D eigenvalue weighted by molar-refractivity contribution is 7.92. The monoisotopic (exact) mass is 679 g/mol. The maximum absolute atomic E-state index is 14.5. The summed E-state index contributed by atoms with van der Waals surface area (Å²) in [7, 11) is -4.55. The van der Waals surface area contributed by atoms with Crippen LogP contribution in [0.5, 0.6) is 0 Å². The van der Waals surface area contributed by atoms with Crippen molar-refractivity contribution in [3.63, 3.8) is 0 Å². The van der Waals surface area contributed by atoms with E-state index in [1.54, 1.807) is 25.1 Å². The first-order valence-electron chi connectivity index (χ1n) is 15.6. The third-order valence-corrected chi connectivity index (χ3v) is 9.69. The van der Waals surface area contributed by atoms with Crippen LogP contribution in [0.1, 0.15) is 41.7 Å².